The van der Waals surface area contributed by atoms with E-state index in [1.54, 1.807) is 4.90 Å². The molecule has 1 aliphatic heterocycles. The van der Waals surface area contributed by atoms with E-state index in [9.17, 15) is 9.18 Å². The standard InChI is InChI=1S/C19H24FN3O2/c1-13(2)22-8-10-23(11-9-22)19(24)17-16(12-20)25-21-18(17)15-7-5-4-6-14(15)3/h4-7,13H,8-12H2,1-3H3. The number of rotatable bonds is 4. The van der Waals surface area contributed by atoms with E-state index in [1.807, 2.05) is 31.2 Å². The lowest BCUT2D eigenvalue weighted by molar-refractivity contribution is 0.0593. The molecular weight excluding hydrogens is 321 g/mol. The van der Waals surface area contributed by atoms with Gasteiger partial charge in [-0.25, -0.2) is 4.39 Å². The smallest absolute Gasteiger partial charge is 0.259 e. The summed E-state index contributed by atoms with van der Waals surface area (Å²) in [6.45, 7) is 8.28. The molecule has 0 bridgehead atoms. The van der Waals surface area contributed by atoms with E-state index in [2.05, 4.69) is 23.9 Å². The Bertz CT molecular complexity index is 749. The van der Waals surface area contributed by atoms with E-state index in [0.717, 1.165) is 24.2 Å². The number of carbonyl (C=O) groups is 1. The van der Waals surface area contributed by atoms with Gasteiger partial charge in [0.05, 0.1) is 0 Å². The first-order chi connectivity index (χ1) is 12.0. The van der Waals surface area contributed by atoms with Gasteiger partial charge in [0.1, 0.15) is 11.3 Å². The third-order valence-corrected chi connectivity index (χ3v) is 4.83. The first-order valence-corrected chi connectivity index (χ1v) is 8.66. The van der Waals surface area contributed by atoms with Crippen molar-refractivity contribution >= 4 is 5.91 Å². The average molecular weight is 345 g/mol. The molecule has 5 nitrogen and oxygen atoms in total. The molecule has 0 atom stereocenters. The molecule has 25 heavy (non-hydrogen) atoms. The van der Waals surface area contributed by atoms with Crippen molar-refractivity contribution in [2.75, 3.05) is 26.2 Å². The number of hydrogen-bond donors (Lipinski definition) is 0. The maximum Gasteiger partial charge on any atom is 0.259 e. The highest BCUT2D eigenvalue weighted by Crippen LogP contribution is 2.30. The monoisotopic (exact) mass is 345 g/mol. The van der Waals surface area contributed by atoms with Gasteiger partial charge in [-0.2, -0.15) is 0 Å². The van der Waals surface area contributed by atoms with E-state index in [-0.39, 0.29) is 17.2 Å². The van der Waals surface area contributed by atoms with Gasteiger partial charge in [0.2, 0.25) is 0 Å². The van der Waals surface area contributed by atoms with E-state index in [4.69, 9.17) is 4.52 Å². The van der Waals surface area contributed by atoms with Gasteiger partial charge < -0.3 is 9.42 Å². The Balaban J connectivity index is 1.90. The van der Waals surface area contributed by atoms with Crippen LogP contribution in [-0.4, -0.2) is 53.1 Å². The molecule has 1 aromatic carbocycles. The molecule has 1 aliphatic rings. The Morgan fingerprint density at radius 3 is 2.52 bits per heavy atom. The molecule has 6 heteroatoms. The largest absolute Gasteiger partial charge is 0.357 e. The molecule has 0 radical (unpaired) electrons. The number of carbonyl (C=O) groups excluding carboxylic acids is 1. The van der Waals surface area contributed by atoms with Crippen LogP contribution in [0, 0.1) is 6.92 Å². The fourth-order valence-electron chi connectivity index (χ4n) is 3.26. The predicted molar refractivity (Wildman–Crippen MR) is 94.1 cm³/mol. The quantitative estimate of drug-likeness (QED) is 0.853. The number of amides is 1. The Morgan fingerprint density at radius 1 is 1.24 bits per heavy atom. The summed E-state index contributed by atoms with van der Waals surface area (Å²) in [7, 11) is 0. The van der Waals surface area contributed by atoms with Gasteiger partial charge in [-0.05, 0) is 26.3 Å². The fraction of sp³-hybridized carbons (Fsp3) is 0.474. The summed E-state index contributed by atoms with van der Waals surface area (Å²) in [6, 6.07) is 8.07. The lowest BCUT2D eigenvalue weighted by atomic mass is 10.0. The van der Waals surface area contributed by atoms with Crippen LogP contribution in [0.15, 0.2) is 28.8 Å². The van der Waals surface area contributed by atoms with Gasteiger partial charge in [-0.15, -0.1) is 0 Å². The Kier molecular flexibility index (Phi) is 5.18. The molecule has 0 unspecified atom stereocenters. The SMILES string of the molecule is Cc1ccccc1-c1noc(CF)c1C(=O)N1CCN(C(C)C)CC1. The lowest BCUT2D eigenvalue weighted by Gasteiger charge is -2.36. The van der Waals surface area contributed by atoms with Crippen molar-refractivity contribution in [3.8, 4) is 11.3 Å². The summed E-state index contributed by atoms with van der Waals surface area (Å²) in [5.41, 5.74) is 2.46. The molecule has 2 aromatic rings. The van der Waals surface area contributed by atoms with Gasteiger partial charge >= 0.3 is 0 Å². The molecule has 1 aromatic heterocycles. The molecule has 0 N–H and O–H groups in total. The van der Waals surface area contributed by atoms with Crippen molar-refractivity contribution in [3.05, 3.63) is 41.2 Å². The zero-order valence-corrected chi connectivity index (χ0v) is 15.0. The molecule has 3 rings (SSSR count). The second-order valence-electron chi connectivity index (χ2n) is 6.70. The maximum atomic E-state index is 13.4. The molecule has 2 heterocycles. The van der Waals surface area contributed by atoms with Crippen LogP contribution in [0.2, 0.25) is 0 Å². The molecular formula is C19H24FN3O2. The normalized spacial score (nSPS) is 15.8. The molecule has 0 spiro atoms. The number of aryl methyl sites for hydroxylation is 1. The van der Waals surface area contributed by atoms with E-state index in [0.29, 0.717) is 24.8 Å². The van der Waals surface area contributed by atoms with Gasteiger partial charge in [0.15, 0.2) is 12.4 Å². The lowest BCUT2D eigenvalue weighted by Crippen LogP contribution is -2.50. The van der Waals surface area contributed by atoms with Crippen LogP contribution < -0.4 is 0 Å². The summed E-state index contributed by atoms with van der Waals surface area (Å²) in [5.74, 6) is -0.190. The minimum absolute atomic E-state index is 0.00884. The van der Waals surface area contributed by atoms with Crippen molar-refractivity contribution in [3.63, 3.8) is 0 Å². The highest BCUT2D eigenvalue weighted by molar-refractivity contribution is 6.01. The van der Waals surface area contributed by atoms with Crippen LogP contribution in [0.25, 0.3) is 11.3 Å². The Hall–Kier alpha value is -2.21. The summed E-state index contributed by atoms with van der Waals surface area (Å²) < 4.78 is 18.5. The van der Waals surface area contributed by atoms with E-state index >= 15 is 0 Å². The van der Waals surface area contributed by atoms with Crippen molar-refractivity contribution in [1.29, 1.82) is 0 Å². The number of halogens is 1. The van der Waals surface area contributed by atoms with Crippen molar-refractivity contribution < 1.29 is 13.7 Å². The van der Waals surface area contributed by atoms with Gasteiger partial charge in [0.25, 0.3) is 5.91 Å². The van der Waals surface area contributed by atoms with Crippen LogP contribution in [0.3, 0.4) is 0 Å². The van der Waals surface area contributed by atoms with Gasteiger partial charge in [-0.1, -0.05) is 29.4 Å². The third kappa shape index (κ3) is 3.44. The maximum absolute atomic E-state index is 13.4. The summed E-state index contributed by atoms with van der Waals surface area (Å²) in [5, 5.41) is 4.00. The topological polar surface area (TPSA) is 49.6 Å². The first kappa shape index (κ1) is 17.6. The first-order valence-electron chi connectivity index (χ1n) is 8.66. The second-order valence-corrected chi connectivity index (χ2v) is 6.70. The summed E-state index contributed by atoms with van der Waals surface area (Å²) in [6.07, 6.45) is 0. The van der Waals surface area contributed by atoms with E-state index in [1.165, 1.54) is 0 Å². The number of benzene rings is 1. The van der Waals surface area contributed by atoms with Crippen LogP contribution >= 0.6 is 0 Å². The van der Waals surface area contributed by atoms with Gasteiger partial charge in [0, 0.05) is 37.8 Å². The zero-order chi connectivity index (χ0) is 18.0. The fourth-order valence-corrected chi connectivity index (χ4v) is 3.26. The van der Waals surface area contributed by atoms with Crippen molar-refractivity contribution in [2.24, 2.45) is 0 Å². The van der Waals surface area contributed by atoms with Gasteiger partial charge in [-0.3, -0.25) is 9.69 Å². The highest BCUT2D eigenvalue weighted by atomic mass is 19.1. The second kappa shape index (κ2) is 7.35. The van der Waals surface area contributed by atoms with Crippen LogP contribution in [0.4, 0.5) is 4.39 Å². The molecule has 0 aliphatic carbocycles. The van der Waals surface area contributed by atoms with Crippen LogP contribution in [-0.2, 0) is 6.67 Å². The molecule has 134 valence electrons. The molecule has 1 fully saturated rings. The molecule has 1 saturated heterocycles. The molecule has 1 amide bonds. The van der Waals surface area contributed by atoms with Crippen LogP contribution in [0.5, 0.6) is 0 Å². The Labute approximate surface area is 147 Å². The van der Waals surface area contributed by atoms with E-state index < -0.39 is 6.67 Å². The average Bonchev–Trinajstić information content (AvgIpc) is 3.05. The zero-order valence-electron chi connectivity index (χ0n) is 15.0. The third-order valence-electron chi connectivity index (χ3n) is 4.83. The Morgan fingerprint density at radius 2 is 1.92 bits per heavy atom. The number of hydrogen-bond acceptors (Lipinski definition) is 4. The van der Waals surface area contributed by atoms with Crippen molar-refractivity contribution in [2.45, 2.75) is 33.5 Å². The minimum Gasteiger partial charge on any atom is -0.357 e. The predicted octanol–water partition coefficient (Wildman–Crippen LogP) is 3.29. The number of alkyl halides is 1. The number of piperazine rings is 1. The number of aromatic nitrogens is 1. The number of nitrogens with zero attached hydrogens (tertiary/aromatic N) is 3. The highest BCUT2D eigenvalue weighted by Gasteiger charge is 2.30. The minimum atomic E-state index is -0.841. The van der Waals surface area contributed by atoms with Crippen LogP contribution in [0.1, 0.15) is 35.5 Å². The summed E-state index contributed by atoms with van der Waals surface area (Å²) >= 11 is 0. The van der Waals surface area contributed by atoms with Crippen molar-refractivity contribution in [1.82, 2.24) is 15.0 Å². The summed E-state index contributed by atoms with van der Waals surface area (Å²) in [4.78, 5) is 17.2. The molecule has 0 saturated carbocycles.